The number of hydrogen-bond acceptors (Lipinski definition) is 13. The van der Waals surface area contributed by atoms with Crippen molar-refractivity contribution in [3.05, 3.63) is 276 Å². The third-order valence-electron chi connectivity index (χ3n) is 22.1. The van der Waals surface area contributed by atoms with Crippen LogP contribution in [0.4, 0.5) is 0 Å². The molecule has 6 atom stereocenters. The van der Waals surface area contributed by atoms with Gasteiger partial charge in [0, 0.05) is 125 Å². The molecular formula is C84H94Cl2N12O7. The molecule has 0 aliphatic carbocycles. The van der Waals surface area contributed by atoms with E-state index in [4.69, 9.17) is 28.3 Å². The van der Waals surface area contributed by atoms with Gasteiger partial charge in [-0.3, -0.25) is 28.8 Å². The Bertz CT molecular complexity index is 5410. The van der Waals surface area contributed by atoms with Crippen LogP contribution in [0.2, 0.25) is 10.0 Å². The van der Waals surface area contributed by atoms with Crippen molar-refractivity contribution < 1.29 is 5.11 Å². The third-order valence-corrected chi connectivity index (χ3v) is 22.6. The summed E-state index contributed by atoms with van der Waals surface area (Å²) >= 11 is 11.9. The Labute approximate surface area is 619 Å². The summed E-state index contributed by atoms with van der Waals surface area (Å²) in [5.41, 5.74) is 7.36. The van der Waals surface area contributed by atoms with Gasteiger partial charge in [0.15, 0.2) is 0 Å². The lowest BCUT2D eigenvalue weighted by molar-refractivity contribution is 0.220. The molecular weight excluding hydrogens is 1360 g/mol. The van der Waals surface area contributed by atoms with Crippen molar-refractivity contribution >= 4 is 87.8 Å². The molecule has 6 aromatic heterocycles. The lowest BCUT2D eigenvalue weighted by Crippen LogP contribution is -2.24. The lowest BCUT2D eigenvalue weighted by atomic mass is 9.95. The normalized spacial score (nSPS) is 20.5. The van der Waals surface area contributed by atoms with E-state index >= 15 is 0 Å². The molecule has 0 radical (unpaired) electrons. The van der Waals surface area contributed by atoms with E-state index in [1.807, 2.05) is 146 Å². The van der Waals surface area contributed by atoms with E-state index in [9.17, 15) is 28.8 Å². The SMILES string of the molecule is CCN1CCC(c2c[nH]c(=O)c3ccccc23)C1.CN1CCC(c2c[nH]c(=O)c3cc(Cl)ccc23)C1.CN1CCC(c2c[nH]c(=O)c3ccccc23)C1.O=c1[nH]cc(C2CCN(CCO)C2)c2ccccc12.O=c1[nH]cc(C2CCNC2)c2ccc(Cl)cc12.O=c1[nH]cc(C2CCNC2)c2ccccc12. The molecule has 6 saturated heterocycles. The number of nitrogens with zero attached hydrogens (tertiary/aromatic N) is 4. The van der Waals surface area contributed by atoms with E-state index in [-0.39, 0.29) is 40.0 Å². The van der Waals surface area contributed by atoms with Crippen LogP contribution in [-0.4, -0.2) is 167 Å². The van der Waals surface area contributed by atoms with Crippen LogP contribution in [-0.2, 0) is 0 Å². The first-order chi connectivity index (χ1) is 51.1. The highest BCUT2D eigenvalue weighted by atomic mass is 35.5. The van der Waals surface area contributed by atoms with Gasteiger partial charge in [-0.05, 0) is 248 Å². The average molecular weight is 1450 g/mol. The molecule has 105 heavy (non-hydrogen) atoms. The maximum absolute atomic E-state index is 11.8. The number of hydrogen-bond donors (Lipinski definition) is 9. The van der Waals surface area contributed by atoms with Gasteiger partial charge in [-0.15, -0.1) is 0 Å². The van der Waals surface area contributed by atoms with E-state index in [1.165, 1.54) is 46.2 Å². The molecule has 12 heterocycles. The Morgan fingerprint density at radius 2 is 0.638 bits per heavy atom. The molecule has 6 aliphatic rings. The molecule has 6 aromatic carbocycles. The Kier molecular flexibility index (Phi) is 24.3. The van der Waals surface area contributed by atoms with Gasteiger partial charge in [0.05, 0.1) is 6.61 Å². The van der Waals surface area contributed by atoms with Crippen LogP contribution >= 0.6 is 23.2 Å². The lowest BCUT2D eigenvalue weighted by Gasteiger charge is -2.15. The predicted molar refractivity (Wildman–Crippen MR) is 428 cm³/mol. The molecule has 0 amide bonds. The van der Waals surface area contributed by atoms with Crippen molar-refractivity contribution in [1.29, 1.82) is 0 Å². The number of aromatic nitrogens is 6. The molecule has 19 nitrogen and oxygen atoms in total. The van der Waals surface area contributed by atoms with E-state index in [1.54, 1.807) is 12.1 Å². The van der Waals surface area contributed by atoms with Crippen LogP contribution in [0.25, 0.3) is 64.6 Å². The third kappa shape index (κ3) is 17.2. The quantitative estimate of drug-likeness (QED) is 0.0653. The number of halogens is 2. The zero-order chi connectivity index (χ0) is 73.1. The second kappa shape index (κ2) is 34.4. The van der Waals surface area contributed by atoms with Crippen molar-refractivity contribution in [2.45, 2.75) is 81.0 Å². The summed E-state index contributed by atoms with van der Waals surface area (Å²) in [5.74, 6) is 3.04. The highest BCUT2D eigenvalue weighted by Gasteiger charge is 2.29. The van der Waals surface area contributed by atoms with Gasteiger partial charge in [-0.2, -0.15) is 0 Å². The van der Waals surface area contributed by atoms with Gasteiger partial charge in [0.2, 0.25) is 0 Å². The molecule has 18 rings (SSSR count). The standard InChI is InChI=1S/C15H18N2O2.C15H18N2O.C14H15ClN2O.C14H16N2O.C13H13ClN2O.C13H14N2O/c18-8-7-17-6-5-11(10-17)14-9-16-15(19)13-4-2-1-3-12(13)14;1-2-17-8-7-11(10-17)14-9-16-15(18)13-6-4-3-5-12(13)14;1-17-5-4-9(8-17)13-7-16-14(18)12-6-10(15)2-3-11(12)13;1-16-7-6-10(9-16)13-8-15-14(17)12-5-3-2-4-11(12)13;14-9-1-2-10-11(5-9)13(17)16-7-12(10)8-3-4-15-6-8;16-13-11-4-2-1-3-10(11)12(8-15-13)9-5-6-14-7-9/h1-4,9,11,18H,5-8,10H2,(H,16,19);3-6,9,11H,2,7-8,10H2,1H3,(H,16,18);2-3,6-7,9H,4-5,8H2,1H3,(H,16,18);2-5,8,10H,6-7,9H2,1H3,(H,15,17);1-2,5,7-8,15H,3-4,6H2,(H,16,17);1-4,8-9,14H,5-7H2,(H,15,16). The number of benzene rings is 6. The van der Waals surface area contributed by atoms with Crippen LogP contribution < -0.4 is 44.0 Å². The van der Waals surface area contributed by atoms with E-state index in [0.717, 1.165) is 171 Å². The summed E-state index contributed by atoms with van der Waals surface area (Å²) in [5, 5.41) is 27.9. The fourth-order valence-corrected chi connectivity index (χ4v) is 16.8. The summed E-state index contributed by atoms with van der Waals surface area (Å²) in [6.45, 7) is 17.0. The minimum Gasteiger partial charge on any atom is -0.395 e. The van der Waals surface area contributed by atoms with Crippen LogP contribution in [0.5, 0.6) is 0 Å². The van der Waals surface area contributed by atoms with Crippen LogP contribution in [0.1, 0.15) is 114 Å². The molecule has 0 saturated carbocycles. The van der Waals surface area contributed by atoms with Gasteiger partial charge in [-0.1, -0.05) is 115 Å². The number of H-pyrrole nitrogens is 6. The van der Waals surface area contributed by atoms with Gasteiger partial charge in [-0.25, -0.2) is 0 Å². The first kappa shape index (κ1) is 74.2. The van der Waals surface area contributed by atoms with Crippen LogP contribution in [0.15, 0.2) is 199 Å². The van der Waals surface area contributed by atoms with Crippen molar-refractivity contribution in [3.63, 3.8) is 0 Å². The molecule has 12 aromatic rings. The minimum absolute atomic E-state index is 0.00491. The van der Waals surface area contributed by atoms with Crippen molar-refractivity contribution in [1.82, 2.24) is 60.1 Å². The molecule has 0 bridgehead atoms. The molecule has 21 heteroatoms. The van der Waals surface area contributed by atoms with Crippen molar-refractivity contribution in [2.24, 2.45) is 0 Å². The fraction of sp³-hybridized carbons (Fsp3) is 0.357. The summed E-state index contributed by atoms with van der Waals surface area (Å²) in [6.07, 6.45) is 18.1. The van der Waals surface area contributed by atoms with Crippen molar-refractivity contribution in [3.8, 4) is 0 Å². The summed E-state index contributed by atoms with van der Waals surface area (Å²) in [7, 11) is 4.28. The van der Waals surface area contributed by atoms with Gasteiger partial charge in [0.25, 0.3) is 33.4 Å². The van der Waals surface area contributed by atoms with Gasteiger partial charge in [0.1, 0.15) is 0 Å². The zero-order valence-corrected chi connectivity index (χ0v) is 61.4. The number of aliphatic hydroxyl groups excluding tert-OH is 1. The number of likely N-dealkylation sites (tertiary alicyclic amines) is 4. The maximum Gasteiger partial charge on any atom is 0.255 e. The number of aliphatic hydroxyl groups is 1. The molecule has 546 valence electrons. The topological polar surface area (TPSA) is 254 Å². The largest absolute Gasteiger partial charge is 0.395 e. The molecule has 6 fully saturated rings. The molecule has 9 N–H and O–H groups in total. The van der Waals surface area contributed by atoms with Crippen LogP contribution in [0, 0.1) is 0 Å². The Balaban J connectivity index is 0.000000112. The number of fused-ring (bicyclic) bond motifs is 6. The van der Waals surface area contributed by atoms with E-state index in [0.29, 0.717) is 56.3 Å². The summed E-state index contributed by atoms with van der Waals surface area (Å²) in [4.78, 5) is 97.1. The van der Waals surface area contributed by atoms with Gasteiger partial charge < -0.3 is 65.2 Å². The smallest absolute Gasteiger partial charge is 0.255 e. The number of rotatable bonds is 9. The minimum atomic E-state index is -0.0720. The monoisotopic (exact) mass is 1450 g/mol. The average Bonchev–Trinajstić information content (AvgIpc) is 1.81. The number of nitrogens with one attached hydrogen (secondary N) is 8. The number of pyridine rings is 6. The second-order valence-corrected chi connectivity index (χ2v) is 29.6. The van der Waals surface area contributed by atoms with Gasteiger partial charge >= 0.3 is 0 Å². The molecule has 0 spiro atoms. The highest BCUT2D eigenvalue weighted by molar-refractivity contribution is 6.31. The van der Waals surface area contributed by atoms with E-state index in [2.05, 4.69) is 93.3 Å². The van der Waals surface area contributed by atoms with E-state index < -0.39 is 0 Å². The predicted octanol–water partition coefficient (Wildman–Crippen LogP) is 12.1. The molecule has 6 aliphatic heterocycles. The number of β-amino-alcohol motifs (C(OH)–C–C–N with tert-alkyl or cyclic N) is 1. The first-order valence-electron chi connectivity index (χ1n) is 37.0. The summed E-state index contributed by atoms with van der Waals surface area (Å²) < 4.78 is 0. The Morgan fingerprint density at radius 1 is 0.352 bits per heavy atom. The molecule has 6 unspecified atom stereocenters. The Hall–Kier alpha value is -9.12. The first-order valence-corrected chi connectivity index (χ1v) is 37.7. The Morgan fingerprint density at radius 3 is 0.933 bits per heavy atom. The maximum atomic E-state index is 11.8. The highest BCUT2D eigenvalue weighted by Crippen LogP contribution is 2.36. The number of likely N-dealkylation sites (N-methyl/N-ethyl adjacent to an activating group) is 3. The fourth-order valence-electron chi connectivity index (χ4n) is 16.5. The zero-order valence-electron chi connectivity index (χ0n) is 59.9. The summed E-state index contributed by atoms with van der Waals surface area (Å²) in [6, 6.07) is 42.5. The van der Waals surface area contributed by atoms with Crippen LogP contribution in [0.3, 0.4) is 0 Å². The second-order valence-electron chi connectivity index (χ2n) is 28.8. The number of aromatic amines is 6. The van der Waals surface area contributed by atoms with Crippen molar-refractivity contribution in [2.75, 3.05) is 112 Å².